The summed E-state index contributed by atoms with van der Waals surface area (Å²) in [7, 11) is 4.38. The zero-order valence-corrected chi connectivity index (χ0v) is 15.6. The minimum Gasteiger partial charge on any atom is -0.346 e. The number of H-pyrrole nitrogens is 1. The molecule has 7 nitrogen and oxygen atoms in total. The van der Waals surface area contributed by atoms with Gasteiger partial charge in [-0.05, 0) is 51.8 Å². The summed E-state index contributed by atoms with van der Waals surface area (Å²) in [6.45, 7) is 3.74. The summed E-state index contributed by atoms with van der Waals surface area (Å²) >= 11 is 0. The van der Waals surface area contributed by atoms with Gasteiger partial charge in [-0.2, -0.15) is 0 Å². The summed E-state index contributed by atoms with van der Waals surface area (Å²) in [5.41, 5.74) is 3.21. The van der Waals surface area contributed by atoms with E-state index < -0.39 is 0 Å². The first-order chi connectivity index (χ1) is 12.7. The minimum atomic E-state index is 0.523. The molecule has 1 saturated carbocycles. The fraction of sp³-hybridized carbons (Fsp3) is 0.632. The number of hydrogen-bond donors (Lipinski definition) is 1. The van der Waals surface area contributed by atoms with Crippen LogP contribution in [0.5, 0.6) is 0 Å². The van der Waals surface area contributed by atoms with Crippen molar-refractivity contribution in [2.75, 3.05) is 33.7 Å². The van der Waals surface area contributed by atoms with E-state index in [0.717, 1.165) is 34.2 Å². The van der Waals surface area contributed by atoms with Gasteiger partial charge in [-0.25, -0.2) is 9.50 Å². The Morgan fingerprint density at radius 2 is 2.00 bits per heavy atom. The molecule has 0 aromatic carbocycles. The lowest BCUT2D eigenvalue weighted by molar-refractivity contribution is 0.0440. The SMILES string of the molecule is CN(C)C1CN(CC2CCC(c3nnn4cnc5[nH]ccc5c34)CC2)C1. The van der Waals surface area contributed by atoms with Crippen molar-refractivity contribution in [1.29, 1.82) is 0 Å². The van der Waals surface area contributed by atoms with Gasteiger partial charge in [0.25, 0.3) is 0 Å². The monoisotopic (exact) mass is 353 g/mol. The second-order valence-corrected chi connectivity index (χ2v) is 8.31. The number of likely N-dealkylation sites (tertiary alicyclic amines) is 1. The fourth-order valence-corrected chi connectivity index (χ4v) is 4.70. The molecule has 3 aromatic rings. The normalized spacial score (nSPS) is 25.3. The third kappa shape index (κ3) is 2.70. The molecule has 1 N–H and O–H groups in total. The minimum absolute atomic E-state index is 0.523. The number of likely N-dealkylation sites (N-methyl/N-ethyl adjacent to an activating group) is 1. The lowest BCUT2D eigenvalue weighted by Gasteiger charge is -2.45. The fourth-order valence-electron chi connectivity index (χ4n) is 4.70. The van der Waals surface area contributed by atoms with Crippen LogP contribution in [0.1, 0.15) is 37.3 Å². The molecule has 1 saturated heterocycles. The summed E-state index contributed by atoms with van der Waals surface area (Å²) in [5.74, 6) is 1.36. The predicted molar refractivity (Wildman–Crippen MR) is 101 cm³/mol. The van der Waals surface area contributed by atoms with Crippen LogP contribution in [0.4, 0.5) is 0 Å². The summed E-state index contributed by atoms with van der Waals surface area (Å²) in [4.78, 5) is 12.6. The smallest absolute Gasteiger partial charge is 0.141 e. The molecule has 3 aromatic heterocycles. The number of aromatic amines is 1. The van der Waals surface area contributed by atoms with Gasteiger partial charge in [0.1, 0.15) is 17.5 Å². The third-order valence-corrected chi connectivity index (χ3v) is 6.42. The molecule has 26 heavy (non-hydrogen) atoms. The van der Waals surface area contributed by atoms with Gasteiger partial charge in [-0.1, -0.05) is 5.21 Å². The van der Waals surface area contributed by atoms with Crippen molar-refractivity contribution in [3.63, 3.8) is 0 Å². The maximum Gasteiger partial charge on any atom is 0.141 e. The average molecular weight is 353 g/mol. The highest BCUT2D eigenvalue weighted by atomic mass is 15.4. The molecule has 0 bridgehead atoms. The van der Waals surface area contributed by atoms with Gasteiger partial charge in [0, 0.05) is 43.2 Å². The summed E-state index contributed by atoms with van der Waals surface area (Å²) in [6.07, 6.45) is 8.75. The number of nitrogens with zero attached hydrogens (tertiary/aromatic N) is 6. The maximum atomic E-state index is 4.53. The molecule has 0 amide bonds. The molecule has 0 spiro atoms. The van der Waals surface area contributed by atoms with Crippen molar-refractivity contribution >= 4 is 16.6 Å². The van der Waals surface area contributed by atoms with E-state index in [0.29, 0.717) is 5.92 Å². The molecule has 0 radical (unpaired) electrons. The van der Waals surface area contributed by atoms with Crippen LogP contribution in [-0.2, 0) is 0 Å². The zero-order chi connectivity index (χ0) is 17.7. The van der Waals surface area contributed by atoms with Gasteiger partial charge in [0.05, 0.1) is 5.69 Å². The topological polar surface area (TPSA) is 65.3 Å². The summed E-state index contributed by atoms with van der Waals surface area (Å²) in [6, 6.07) is 2.84. The standard InChI is InChI=1S/C19H27N7/c1-24(2)15-10-25(11-15)9-13-3-5-14(6-4-13)17-18-16-7-8-20-19(16)21-12-26(18)23-22-17/h7-8,12-15,20H,3-6,9-11H2,1-2H3. The highest BCUT2D eigenvalue weighted by molar-refractivity contribution is 5.92. The van der Waals surface area contributed by atoms with Crippen LogP contribution in [0.3, 0.4) is 0 Å². The first-order valence-electron chi connectivity index (χ1n) is 9.75. The van der Waals surface area contributed by atoms with Crippen molar-refractivity contribution in [2.45, 2.75) is 37.6 Å². The Labute approximate surface area is 153 Å². The van der Waals surface area contributed by atoms with E-state index in [1.165, 1.54) is 45.3 Å². The number of hydrogen-bond acceptors (Lipinski definition) is 5. The van der Waals surface area contributed by atoms with Crippen LogP contribution in [0.2, 0.25) is 0 Å². The van der Waals surface area contributed by atoms with Crippen LogP contribution in [0.15, 0.2) is 18.6 Å². The predicted octanol–water partition coefficient (Wildman–Crippen LogP) is 2.13. The van der Waals surface area contributed by atoms with Crippen molar-refractivity contribution in [3.05, 3.63) is 24.3 Å². The van der Waals surface area contributed by atoms with Crippen LogP contribution in [0.25, 0.3) is 16.6 Å². The lowest BCUT2D eigenvalue weighted by Crippen LogP contribution is -2.58. The van der Waals surface area contributed by atoms with Gasteiger partial charge in [0.15, 0.2) is 0 Å². The summed E-state index contributed by atoms with van der Waals surface area (Å²) in [5, 5.41) is 9.98. The molecule has 2 fully saturated rings. The maximum absolute atomic E-state index is 4.53. The number of fused-ring (bicyclic) bond motifs is 3. The lowest BCUT2D eigenvalue weighted by atomic mass is 9.79. The van der Waals surface area contributed by atoms with Gasteiger partial charge in [0.2, 0.25) is 0 Å². The average Bonchev–Trinajstić information content (AvgIpc) is 3.23. The summed E-state index contributed by atoms with van der Waals surface area (Å²) < 4.78 is 1.83. The van der Waals surface area contributed by atoms with E-state index in [1.54, 1.807) is 6.33 Å². The molecule has 138 valence electrons. The van der Waals surface area contributed by atoms with Gasteiger partial charge in [-0.15, -0.1) is 5.10 Å². The van der Waals surface area contributed by atoms with E-state index >= 15 is 0 Å². The van der Waals surface area contributed by atoms with Gasteiger partial charge < -0.3 is 9.88 Å². The van der Waals surface area contributed by atoms with Gasteiger partial charge >= 0.3 is 0 Å². The number of aromatic nitrogens is 5. The Bertz CT molecular complexity index is 897. The van der Waals surface area contributed by atoms with Crippen LogP contribution in [0, 0.1) is 5.92 Å². The molecule has 1 aliphatic heterocycles. The van der Waals surface area contributed by atoms with Crippen molar-refractivity contribution in [2.24, 2.45) is 5.92 Å². The van der Waals surface area contributed by atoms with Crippen molar-refractivity contribution in [1.82, 2.24) is 34.6 Å². The highest BCUT2D eigenvalue weighted by Gasteiger charge is 2.32. The van der Waals surface area contributed by atoms with Crippen molar-refractivity contribution in [3.8, 4) is 0 Å². The van der Waals surface area contributed by atoms with Crippen LogP contribution >= 0.6 is 0 Å². The van der Waals surface area contributed by atoms with Crippen LogP contribution < -0.4 is 0 Å². The zero-order valence-electron chi connectivity index (χ0n) is 15.6. The first-order valence-corrected chi connectivity index (χ1v) is 9.75. The Morgan fingerprint density at radius 3 is 2.77 bits per heavy atom. The van der Waals surface area contributed by atoms with E-state index in [9.17, 15) is 0 Å². The molecule has 2 aliphatic rings. The quantitative estimate of drug-likeness (QED) is 0.778. The molecular weight excluding hydrogens is 326 g/mol. The molecule has 7 heteroatoms. The third-order valence-electron chi connectivity index (χ3n) is 6.42. The Balaban J connectivity index is 1.26. The Hall–Kier alpha value is -1.99. The van der Waals surface area contributed by atoms with Gasteiger partial charge in [-0.3, -0.25) is 4.90 Å². The van der Waals surface area contributed by atoms with E-state index in [-0.39, 0.29) is 0 Å². The Morgan fingerprint density at radius 1 is 1.19 bits per heavy atom. The second kappa shape index (κ2) is 6.32. The molecule has 5 rings (SSSR count). The molecular formula is C19H27N7. The Kier molecular flexibility index (Phi) is 3.94. The first kappa shape index (κ1) is 16.2. The largest absolute Gasteiger partial charge is 0.346 e. The number of rotatable bonds is 4. The molecule has 1 aliphatic carbocycles. The van der Waals surface area contributed by atoms with E-state index in [1.807, 2.05) is 10.7 Å². The van der Waals surface area contributed by atoms with E-state index in [4.69, 9.17) is 0 Å². The van der Waals surface area contributed by atoms with Crippen LogP contribution in [-0.4, -0.2) is 74.4 Å². The second-order valence-electron chi connectivity index (χ2n) is 8.31. The van der Waals surface area contributed by atoms with Crippen molar-refractivity contribution < 1.29 is 0 Å². The molecule has 0 atom stereocenters. The van der Waals surface area contributed by atoms with E-state index in [2.05, 4.69) is 50.2 Å². The highest BCUT2D eigenvalue weighted by Crippen LogP contribution is 2.38. The number of nitrogens with one attached hydrogen (secondary N) is 1. The molecule has 0 unspecified atom stereocenters. The molecule has 4 heterocycles.